The molecule has 0 radical (unpaired) electrons. The van der Waals surface area contributed by atoms with E-state index in [1.54, 1.807) is 24.3 Å². The largest absolute Gasteiger partial charge is 0.509 e. The van der Waals surface area contributed by atoms with Gasteiger partial charge in [-0.05, 0) is 18.6 Å². The molecule has 1 unspecified atom stereocenters. The maximum absolute atomic E-state index is 12.3. The Bertz CT molecular complexity index is 550. The summed E-state index contributed by atoms with van der Waals surface area (Å²) in [5, 5.41) is 19.1. The second-order valence-electron chi connectivity index (χ2n) is 4.63. The van der Waals surface area contributed by atoms with Crippen LogP contribution in [0.3, 0.4) is 0 Å². The van der Waals surface area contributed by atoms with Gasteiger partial charge in [-0.25, -0.2) is 4.79 Å². The number of benzene rings is 1. The summed E-state index contributed by atoms with van der Waals surface area (Å²) < 4.78 is 9.16. The van der Waals surface area contributed by atoms with Crippen LogP contribution >= 0.6 is 0 Å². The number of ether oxygens (including phenoxy) is 2. The van der Waals surface area contributed by atoms with E-state index in [9.17, 15) is 14.7 Å². The maximum Gasteiger partial charge on any atom is 0.509 e. The van der Waals surface area contributed by atoms with Gasteiger partial charge in [0.15, 0.2) is 6.73 Å². The number of para-hydroxylation sites is 2. The van der Waals surface area contributed by atoms with Gasteiger partial charge in [-0.3, -0.25) is 9.69 Å². The van der Waals surface area contributed by atoms with Gasteiger partial charge in [-0.15, -0.1) is 0 Å². The van der Waals surface area contributed by atoms with Crippen LogP contribution in [0.2, 0.25) is 0 Å². The topological polar surface area (TPSA) is 99.5 Å². The molecule has 1 heterocycles. The third-order valence-corrected chi connectivity index (χ3v) is 3.30. The van der Waals surface area contributed by atoms with Gasteiger partial charge in [-0.2, -0.15) is 0 Å². The lowest BCUT2D eigenvalue weighted by atomic mass is 10.1. The van der Waals surface area contributed by atoms with Crippen molar-refractivity contribution < 1.29 is 29.3 Å². The Balaban J connectivity index is 2.28. The molecule has 0 saturated carbocycles. The summed E-state index contributed by atoms with van der Waals surface area (Å²) in [7, 11) is 1.17. The Labute approximate surface area is 127 Å². The van der Waals surface area contributed by atoms with Crippen LogP contribution in [0.5, 0.6) is 0 Å². The zero-order valence-electron chi connectivity index (χ0n) is 12.1. The summed E-state index contributed by atoms with van der Waals surface area (Å²) in [6.45, 7) is -0.0751. The SMILES string of the molecule is COC(=O)OCN1C(=O)C(O)N(CCCO)c2ccccc21. The molecule has 1 aliphatic heterocycles. The van der Waals surface area contributed by atoms with Crippen LogP contribution in [0.15, 0.2) is 24.3 Å². The van der Waals surface area contributed by atoms with E-state index >= 15 is 0 Å². The van der Waals surface area contributed by atoms with Gasteiger partial charge in [0.05, 0.1) is 18.5 Å². The highest BCUT2D eigenvalue weighted by atomic mass is 16.7. The van der Waals surface area contributed by atoms with E-state index in [4.69, 9.17) is 9.84 Å². The van der Waals surface area contributed by atoms with Crippen LogP contribution in [0.4, 0.5) is 16.2 Å². The summed E-state index contributed by atoms with van der Waals surface area (Å²) in [6, 6.07) is 6.94. The first kappa shape index (κ1) is 16.1. The van der Waals surface area contributed by atoms with E-state index in [1.807, 2.05) is 0 Å². The lowest BCUT2D eigenvalue weighted by Gasteiger charge is -2.39. The zero-order chi connectivity index (χ0) is 16.1. The van der Waals surface area contributed by atoms with Crippen molar-refractivity contribution in [3.05, 3.63) is 24.3 Å². The molecule has 120 valence electrons. The Morgan fingerprint density at radius 1 is 1.32 bits per heavy atom. The van der Waals surface area contributed by atoms with Crippen molar-refractivity contribution in [2.75, 3.05) is 36.8 Å². The first-order chi connectivity index (χ1) is 10.6. The minimum atomic E-state index is -1.40. The van der Waals surface area contributed by atoms with E-state index in [0.717, 1.165) is 0 Å². The summed E-state index contributed by atoms with van der Waals surface area (Å²) in [5.41, 5.74) is 1.14. The van der Waals surface area contributed by atoms with Crippen LogP contribution in [0, 0.1) is 0 Å². The smallest absolute Gasteiger partial charge is 0.438 e. The van der Waals surface area contributed by atoms with Crippen molar-refractivity contribution in [2.45, 2.75) is 12.6 Å². The van der Waals surface area contributed by atoms with Crippen molar-refractivity contribution in [3.8, 4) is 0 Å². The zero-order valence-corrected chi connectivity index (χ0v) is 12.1. The van der Waals surface area contributed by atoms with Crippen LogP contribution in [-0.2, 0) is 14.3 Å². The van der Waals surface area contributed by atoms with Gasteiger partial charge in [0.2, 0.25) is 6.23 Å². The van der Waals surface area contributed by atoms with Crippen molar-refractivity contribution in [1.29, 1.82) is 0 Å². The van der Waals surface area contributed by atoms with E-state index in [1.165, 1.54) is 16.9 Å². The summed E-state index contributed by atoms with van der Waals surface area (Å²) in [4.78, 5) is 26.1. The van der Waals surface area contributed by atoms with E-state index in [2.05, 4.69) is 4.74 Å². The number of carbonyl (C=O) groups excluding carboxylic acids is 2. The second kappa shape index (κ2) is 7.10. The number of hydrogen-bond acceptors (Lipinski definition) is 7. The Hall–Kier alpha value is -2.32. The Morgan fingerprint density at radius 2 is 2.00 bits per heavy atom. The highest BCUT2D eigenvalue weighted by Crippen LogP contribution is 2.35. The fourth-order valence-electron chi connectivity index (χ4n) is 2.25. The molecule has 22 heavy (non-hydrogen) atoms. The number of amides is 1. The standard InChI is InChI=1S/C14H18N2O6/c1-21-14(20)22-9-16-11-6-3-2-5-10(11)15(7-4-8-17)12(18)13(16)19/h2-3,5-6,12,17-18H,4,7-9H2,1H3. The molecule has 0 fully saturated rings. The number of aliphatic hydroxyl groups excluding tert-OH is 2. The third kappa shape index (κ3) is 3.12. The normalized spacial score (nSPS) is 17.2. The number of anilines is 2. The molecule has 8 heteroatoms. The second-order valence-corrected chi connectivity index (χ2v) is 4.63. The molecular weight excluding hydrogens is 292 g/mol. The Kier molecular flexibility index (Phi) is 5.18. The minimum Gasteiger partial charge on any atom is -0.438 e. The van der Waals surface area contributed by atoms with Crippen LogP contribution in [0.25, 0.3) is 0 Å². The monoisotopic (exact) mass is 310 g/mol. The molecular formula is C14H18N2O6. The number of fused-ring (bicyclic) bond motifs is 1. The fraction of sp³-hybridized carbons (Fsp3) is 0.429. The molecule has 0 spiro atoms. The number of methoxy groups -OCH3 is 1. The molecule has 0 aliphatic carbocycles. The third-order valence-electron chi connectivity index (χ3n) is 3.30. The molecule has 0 bridgehead atoms. The number of carbonyl (C=O) groups is 2. The minimum absolute atomic E-state index is 0.0469. The number of rotatable bonds is 5. The number of nitrogens with zero attached hydrogens (tertiary/aromatic N) is 2. The maximum atomic E-state index is 12.3. The van der Waals surface area contributed by atoms with Gasteiger partial charge in [0, 0.05) is 13.2 Å². The fourth-order valence-corrected chi connectivity index (χ4v) is 2.25. The molecule has 0 aromatic heterocycles. The van der Waals surface area contributed by atoms with Gasteiger partial charge >= 0.3 is 6.16 Å². The lowest BCUT2D eigenvalue weighted by molar-refractivity contribution is -0.128. The quantitative estimate of drug-likeness (QED) is 0.754. The summed E-state index contributed by atoms with van der Waals surface area (Å²) in [6.07, 6.45) is -1.90. The van der Waals surface area contributed by atoms with E-state index in [0.29, 0.717) is 24.3 Å². The first-order valence-electron chi connectivity index (χ1n) is 6.77. The molecule has 1 aromatic rings. The molecule has 1 aliphatic rings. The van der Waals surface area contributed by atoms with Crippen molar-refractivity contribution in [2.24, 2.45) is 0 Å². The molecule has 1 amide bonds. The van der Waals surface area contributed by atoms with Gasteiger partial charge < -0.3 is 24.6 Å². The van der Waals surface area contributed by atoms with Gasteiger partial charge in [0.25, 0.3) is 5.91 Å². The lowest BCUT2D eigenvalue weighted by Crippen LogP contribution is -2.54. The van der Waals surface area contributed by atoms with Crippen molar-refractivity contribution in [3.63, 3.8) is 0 Å². The van der Waals surface area contributed by atoms with Gasteiger partial charge in [-0.1, -0.05) is 12.1 Å². The number of hydrogen-bond donors (Lipinski definition) is 2. The summed E-state index contributed by atoms with van der Waals surface area (Å²) in [5.74, 6) is -0.611. The van der Waals surface area contributed by atoms with E-state index in [-0.39, 0.29) is 13.3 Å². The highest BCUT2D eigenvalue weighted by molar-refractivity contribution is 6.04. The van der Waals surface area contributed by atoms with Crippen molar-refractivity contribution >= 4 is 23.4 Å². The molecule has 8 nitrogen and oxygen atoms in total. The predicted octanol–water partition coefficient (Wildman–Crippen LogP) is 0.281. The summed E-state index contributed by atoms with van der Waals surface area (Å²) >= 11 is 0. The predicted molar refractivity (Wildman–Crippen MR) is 77.3 cm³/mol. The molecule has 1 aromatic carbocycles. The van der Waals surface area contributed by atoms with Crippen molar-refractivity contribution in [1.82, 2.24) is 0 Å². The average Bonchev–Trinajstić information content (AvgIpc) is 2.54. The average molecular weight is 310 g/mol. The number of aliphatic hydroxyl groups is 2. The highest BCUT2D eigenvalue weighted by Gasteiger charge is 2.37. The first-order valence-corrected chi connectivity index (χ1v) is 6.77. The Morgan fingerprint density at radius 3 is 2.64 bits per heavy atom. The van der Waals surface area contributed by atoms with E-state index < -0.39 is 18.3 Å². The molecule has 0 saturated heterocycles. The van der Waals surface area contributed by atoms with Gasteiger partial charge in [0.1, 0.15) is 0 Å². The van der Waals surface area contributed by atoms with Crippen LogP contribution < -0.4 is 9.80 Å². The molecule has 2 rings (SSSR count). The molecule has 2 N–H and O–H groups in total. The molecule has 1 atom stereocenters. The van der Waals surface area contributed by atoms with Crippen LogP contribution in [-0.4, -0.2) is 55.5 Å². The van der Waals surface area contributed by atoms with Crippen LogP contribution in [0.1, 0.15) is 6.42 Å².